The van der Waals surface area contributed by atoms with Crippen molar-refractivity contribution >= 4 is 49.2 Å². The van der Waals surface area contributed by atoms with Crippen LogP contribution in [0.1, 0.15) is 26.6 Å². The van der Waals surface area contributed by atoms with Crippen molar-refractivity contribution in [3.63, 3.8) is 0 Å². The molecule has 0 bridgehead atoms. The van der Waals surface area contributed by atoms with Crippen LogP contribution >= 0.6 is 43.5 Å². The van der Waals surface area contributed by atoms with Gasteiger partial charge in [-0.05, 0) is 13.0 Å². The van der Waals surface area contributed by atoms with E-state index in [0.29, 0.717) is 10.7 Å². The number of pyridine rings is 1. The average molecular weight is 327 g/mol. The first-order valence-corrected chi connectivity index (χ1v) is 5.68. The molecule has 0 saturated carbocycles. The fourth-order valence-electron chi connectivity index (χ4n) is 0.811. The van der Waals surface area contributed by atoms with Crippen molar-refractivity contribution in [1.82, 2.24) is 4.98 Å². The summed E-state index contributed by atoms with van der Waals surface area (Å²) < 4.78 is -0.0840. The highest BCUT2D eigenvalue weighted by Gasteiger charge is 2.11. The number of hydrogen-bond acceptors (Lipinski definition) is 2. The molecule has 0 amide bonds. The lowest BCUT2D eigenvalue weighted by Crippen LogP contribution is -1.96. The molecule has 0 fully saturated rings. The van der Waals surface area contributed by atoms with Crippen LogP contribution in [-0.4, -0.2) is 10.8 Å². The molecule has 0 saturated heterocycles. The summed E-state index contributed by atoms with van der Waals surface area (Å²) in [6.07, 6.45) is 1.47. The summed E-state index contributed by atoms with van der Waals surface area (Å²) >= 11 is 12.4. The van der Waals surface area contributed by atoms with Crippen molar-refractivity contribution in [2.75, 3.05) is 0 Å². The van der Waals surface area contributed by atoms with E-state index in [4.69, 9.17) is 11.6 Å². The highest BCUT2D eigenvalue weighted by atomic mass is 79.9. The summed E-state index contributed by atoms with van der Waals surface area (Å²) in [7, 11) is 0. The quantitative estimate of drug-likeness (QED) is 0.471. The molecule has 13 heavy (non-hydrogen) atoms. The van der Waals surface area contributed by atoms with Gasteiger partial charge < -0.3 is 0 Å². The molecule has 0 atom stereocenters. The Morgan fingerprint density at radius 3 is 2.69 bits per heavy atom. The monoisotopic (exact) mass is 325 g/mol. The smallest absolute Gasteiger partial charge is 0.161 e. The third-order valence-electron chi connectivity index (χ3n) is 1.51. The second kappa shape index (κ2) is 4.53. The molecular formula is C8H6Br2ClNO. The Morgan fingerprint density at radius 2 is 2.23 bits per heavy atom. The first-order chi connectivity index (χ1) is 6.02. The lowest BCUT2D eigenvalue weighted by molar-refractivity contribution is 0.101. The van der Waals surface area contributed by atoms with Crippen LogP contribution in [0.5, 0.6) is 0 Å². The lowest BCUT2D eigenvalue weighted by atomic mass is 10.2. The number of halogens is 3. The minimum atomic E-state index is -0.0840. The Hall–Kier alpha value is 0.0700. The summed E-state index contributed by atoms with van der Waals surface area (Å²) in [6, 6.07) is 1.71. The van der Waals surface area contributed by atoms with Gasteiger partial charge in [-0.1, -0.05) is 43.5 Å². The largest absolute Gasteiger partial charge is 0.294 e. The van der Waals surface area contributed by atoms with Crippen LogP contribution < -0.4 is 0 Å². The molecule has 0 aliphatic rings. The number of Topliss-reactive ketones (excluding diaryl/α,β-unsaturated/α-hetero) is 1. The fourth-order valence-corrected chi connectivity index (χ4v) is 1.98. The van der Waals surface area contributed by atoms with E-state index in [1.54, 1.807) is 6.07 Å². The summed E-state index contributed by atoms with van der Waals surface area (Å²) in [6.45, 7) is 1.49. The highest BCUT2D eigenvalue weighted by molar-refractivity contribution is 9.24. The number of aromatic nitrogens is 1. The first-order valence-electron chi connectivity index (χ1n) is 3.47. The van der Waals surface area contributed by atoms with Crippen molar-refractivity contribution in [3.8, 4) is 0 Å². The number of carbonyl (C=O) groups excluding carboxylic acids is 1. The Labute approximate surface area is 97.9 Å². The van der Waals surface area contributed by atoms with Gasteiger partial charge in [-0.25, -0.2) is 4.98 Å². The van der Waals surface area contributed by atoms with Crippen LogP contribution in [-0.2, 0) is 0 Å². The molecule has 1 rings (SSSR count). The zero-order valence-electron chi connectivity index (χ0n) is 6.72. The van der Waals surface area contributed by atoms with Crippen LogP contribution in [0.2, 0.25) is 5.15 Å². The number of carbonyl (C=O) groups is 1. The number of nitrogens with zero attached hydrogens (tertiary/aromatic N) is 1. The number of ketones is 1. The molecule has 0 unspecified atom stereocenters. The third-order valence-corrected chi connectivity index (χ3v) is 2.81. The van der Waals surface area contributed by atoms with Gasteiger partial charge in [0.2, 0.25) is 0 Å². The minimum Gasteiger partial charge on any atom is -0.294 e. The van der Waals surface area contributed by atoms with Crippen molar-refractivity contribution in [1.29, 1.82) is 0 Å². The zero-order chi connectivity index (χ0) is 10.0. The normalized spacial score (nSPS) is 10.5. The molecule has 70 valence electrons. The Balaban J connectivity index is 3.19. The fraction of sp³-hybridized carbons (Fsp3) is 0.250. The third kappa shape index (κ3) is 2.76. The summed E-state index contributed by atoms with van der Waals surface area (Å²) in [4.78, 5) is 14.9. The minimum absolute atomic E-state index is 0.0222. The molecule has 0 aromatic carbocycles. The van der Waals surface area contributed by atoms with E-state index in [2.05, 4.69) is 36.8 Å². The topological polar surface area (TPSA) is 30.0 Å². The lowest BCUT2D eigenvalue weighted by Gasteiger charge is -2.05. The maximum absolute atomic E-state index is 11.0. The van der Waals surface area contributed by atoms with E-state index in [9.17, 15) is 4.79 Å². The van der Waals surface area contributed by atoms with Gasteiger partial charge in [0.15, 0.2) is 5.78 Å². The molecule has 5 heteroatoms. The molecule has 0 aliphatic carbocycles. The standard InChI is InChI=1S/C8H6Br2ClNO/c1-4(13)5-2-6(7(9)10)8(11)12-3-5/h2-3,7H,1H3. The molecular weight excluding hydrogens is 321 g/mol. The van der Waals surface area contributed by atoms with E-state index >= 15 is 0 Å². The van der Waals surface area contributed by atoms with Gasteiger partial charge in [0, 0.05) is 17.3 Å². The summed E-state index contributed by atoms with van der Waals surface area (Å²) in [5.41, 5.74) is 1.32. The van der Waals surface area contributed by atoms with Crippen molar-refractivity contribution in [2.45, 2.75) is 10.7 Å². The summed E-state index contributed by atoms with van der Waals surface area (Å²) in [5, 5.41) is 0.392. The van der Waals surface area contributed by atoms with E-state index < -0.39 is 0 Å². The van der Waals surface area contributed by atoms with Gasteiger partial charge in [0.05, 0.1) is 3.74 Å². The number of hydrogen-bond donors (Lipinski definition) is 0. The van der Waals surface area contributed by atoms with Gasteiger partial charge in [-0.3, -0.25) is 4.79 Å². The van der Waals surface area contributed by atoms with Gasteiger partial charge in [-0.2, -0.15) is 0 Å². The summed E-state index contributed by atoms with van der Waals surface area (Å²) in [5.74, 6) is -0.0222. The van der Waals surface area contributed by atoms with Crippen LogP contribution in [0.25, 0.3) is 0 Å². The van der Waals surface area contributed by atoms with E-state index in [-0.39, 0.29) is 9.52 Å². The van der Waals surface area contributed by atoms with Crippen LogP contribution in [0, 0.1) is 0 Å². The second-order valence-corrected chi connectivity index (χ2v) is 5.88. The van der Waals surface area contributed by atoms with Crippen molar-refractivity contribution in [3.05, 3.63) is 28.5 Å². The van der Waals surface area contributed by atoms with E-state index in [1.807, 2.05) is 0 Å². The number of alkyl halides is 2. The highest BCUT2D eigenvalue weighted by Crippen LogP contribution is 2.33. The molecule has 0 radical (unpaired) electrons. The Morgan fingerprint density at radius 1 is 1.62 bits per heavy atom. The Kier molecular flexibility index (Phi) is 3.88. The van der Waals surface area contributed by atoms with Gasteiger partial charge in [0.25, 0.3) is 0 Å². The molecule has 0 N–H and O–H groups in total. The molecule has 1 heterocycles. The SMILES string of the molecule is CC(=O)c1cnc(Cl)c(C(Br)Br)c1. The van der Waals surface area contributed by atoms with Gasteiger partial charge in [-0.15, -0.1) is 0 Å². The Bertz CT molecular complexity index is 341. The first kappa shape index (κ1) is 11.1. The van der Waals surface area contributed by atoms with Crippen molar-refractivity contribution in [2.24, 2.45) is 0 Å². The van der Waals surface area contributed by atoms with E-state index in [0.717, 1.165) is 5.56 Å². The predicted octanol–water partition coefficient (Wildman–Crippen LogP) is 3.73. The van der Waals surface area contributed by atoms with Crippen LogP contribution in [0.3, 0.4) is 0 Å². The average Bonchev–Trinajstić information content (AvgIpc) is 2.04. The second-order valence-electron chi connectivity index (χ2n) is 2.46. The zero-order valence-corrected chi connectivity index (χ0v) is 10.6. The molecule has 1 aromatic heterocycles. The van der Waals surface area contributed by atoms with Gasteiger partial charge >= 0.3 is 0 Å². The molecule has 2 nitrogen and oxygen atoms in total. The predicted molar refractivity (Wildman–Crippen MR) is 59.8 cm³/mol. The number of rotatable bonds is 2. The van der Waals surface area contributed by atoms with Crippen LogP contribution in [0.15, 0.2) is 12.3 Å². The van der Waals surface area contributed by atoms with Crippen LogP contribution in [0.4, 0.5) is 0 Å². The molecule has 1 aromatic rings. The maximum atomic E-state index is 11.0. The maximum Gasteiger partial charge on any atom is 0.161 e. The van der Waals surface area contributed by atoms with Gasteiger partial charge in [0.1, 0.15) is 5.15 Å². The molecule has 0 spiro atoms. The van der Waals surface area contributed by atoms with E-state index in [1.165, 1.54) is 13.1 Å². The van der Waals surface area contributed by atoms with Crippen molar-refractivity contribution < 1.29 is 4.79 Å². The molecule has 0 aliphatic heterocycles.